The molecule has 90 valence electrons. The largest absolute Gasteiger partial charge is 0.493 e. The molecule has 1 rings (SSSR count). The van der Waals surface area contributed by atoms with E-state index in [0.29, 0.717) is 5.92 Å². The third-order valence-electron chi connectivity index (χ3n) is 2.64. The molecule has 0 saturated carbocycles. The molecule has 0 aliphatic heterocycles. The second kappa shape index (κ2) is 5.90. The molecule has 1 N–H and O–H groups in total. The van der Waals surface area contributed by atoms with Gasteiger partial charge < -0.3 is 9.84 Å². The fourth-order valence-electron chi connectivity index (χ4n) is 1.76. The molecular weight excluding hydrogens is 200 g/mol. The standard InChI is InChI=1S/C14H22O2/c1-10(2)5-6-16-14-11(3)7-13(9-15)8-12(14)4/h7-8,10,15H,5-6,9H2,1-4H3. The fourth-order valence-corrected chi connectivity index (χ4v) is 1.76. The summed E-state index contributed by atoms with van der Waals surface area (Å²) in [6, 6.07) is 3.97. The van der Waals surface area contributed by atoms with E-state index < -0.39 is 0 Å². The van der Waals surface area contributed by atoms with E-state index in [9.17, 15) is 0 Å². The van der Waals surface area contributed by atoms with Crippen LogP contribution in [-0.2, 0) is 6.61 Å². The molecule has 0 aliphatic rings. The first-order valence-electron chi connectivity index (χ1n) is 5.88. The van der Waals surface area contributed by atoms with Gasteiger partial charge in [-0.1, -0.05) is 26.0 Å². The summed E-state index contributed by atoms with van der Waals surface area (Å²) in [5.41, 5.74) is 3.16. The maximum atomic E-state index is 9.09. The van der Waals surface area contributed by atoms with Crippen molar-refractivity contribution in [3.05, 3.63) is 28.8 Å². The number of benzene rings is 1. The Morgan fingerprint density at radius 1 is 1.19 bits per heavy atom. The second-order valence-electron chi connectivity index (χ2n) is 4.75. The van der Waals surface area contributed by atoms with Crippen molar-refractivity contribution in [3.63, 3.8) is 0 Å². The molecule has 0 saturated heterocycles. The number of ether oxygens (including phenoxy) is 1. The first-order valence-corrected chi connectivity index (χ1v) is 5.88. The lowest BCUT2D eigenvalue weighted by Crippen LogP contribution is -2.04. The van der Waals surface area contributed by atoms with Gasteiger partial charge in [0.1, 0.15) is 5.75 Å². The molecule has 0 heterocycles. The Balaban J connectivity index is 2.72. The van der Waals surface area contributed by atoms with Crippen LogP contribution < -0.4 is 4.74 Å². The van der Waals surface area contributed by atoms with Gasteiger partial charge in [0.25, 0.3) is 0 Å². The first-order chi connectivity index (χ1) is 7.54. The van der Waals surface area contributed by atoms with Crippen molar-refractivity contribution < 1.29 is 9.84 Å². The Labute approximate surface area is 98.3 Å². The van der Waals surface area contributed by atoms with Crippen molar-refractivity contribution in [1.29, 1.82) is 0 Å². The van der Waals surface area contributed by atoms with Gasteiger partial charge in [0, 0.05) is 0 Å². The zero-order valence-corrected chi connectivity index (χ0v) is 10.7. The predicted molar refractivity (Wildman–Crippen MR) is 66.8 cm³/mol. The SMILES string of the molecule is Cc1cc(CO)cc(C)c1OCCC(C)C. The summed E-state index contributed by atoms with van der Waals surface area (Å²) in [4.78, 5) is 0. The number of aliphatic hydroxyl groups excluding tert-OH is 1. The fraction of sp³-hybridized carbons (Fsp3) is 0.571. The molecule has 0 fully saturated rings. The van der Waals surface area contributed by atoms with Crippen molar-refractivity contribution in [2.45, 2.75) is 40.7 Å². The van der Waals surface area contributed by atoms with Gasteiger partial charge in [-0.25, -0.2) is 0 Å². The van der Waals surface area contributed by atoms with Gasteiger partial charge in [-0.2, -0.15) is 0 Å². The molecular formula is C14H22O2. The molecule has 0 unspecified atom stereocenters. The van der Waals surface area contributed by atoms with E-state index in [-0.39, 0.29) is 6.61 Å². The van der Waals surface area contributed by atoms with Crippen LogP contribution in [0.3, 0.4) is 0 Å². The summed E-state index contributed by atoms with van der Waals surface area (Å²) in [5.74, 6) is 1.63. The summed E-state index contributed by atoms with van der Waals surface area (Å²) < 4.78 is 5.80. The third kappa shape index (κ3) is 3.53. The average molecular weight is 222 g/mol. The van der Waals surface area contributed by atoms with Gasteiger partial charge in [0.05, 0.1) is 13.2 Å². The van der Waals surface area contributed by atoms with E-state index in [0.717, 1.165) is 35.5 Å². The van der Waals surface area contributed by atoms with Crippen molar-refractivity contribution in [2.24, 2.45) is 5.92 Å². The van der Waals surface area contributed by atoms with Crippen LogP contribution >= 0.6 is 0 Å². The van der Waals surface area contributed by atoms with Crippen LogP contribution in [0.25, 0.3) is 0 Å². The van der Waals surface area contributed by atoms with Crippen LogP contribution in [-0.4, -0.2) is 11.7 Å². The van der Waals surface area contributed by atoms with Crippen LogP contribution in [0.1, 0.15) is 37.0 Å². The third-order valence-corrected chi connectivity index (χ3v) is 2.64. The highest BCUT2D eigenvalue weighted by Gasteiger charge is 2.06. The lowest BCUT2D eigenvalue weighted by Gasteiger charge is -2.14. The quantitative estimate of drug-likeness (QED) is 0.829. The molecule has 2 heteroatoms. The smallest absolute Gasteiger partial charge is 0.125 e. The van der Waals surface area contributed by atoms with E-state index in [1.807, 2.05) is 26.0 Å². The average Bonchev–Trinajstić information content (AvgIpc) is 2.21. The van der Waals surface area contributed by atoms with E-state index in [2.05, 4.69) is 13.8 Å². The highest BCUT2D eigenvalue weighted by Crippen LogP contribution is 2.25. The Morgan fingerprint density at radius 3 is 2.19 bits per heavy atom. The number of hydrogen-bond donors (Lipinski definition) is 1. The second-order valence-corrected chi connectivity index (χ2v) is 4.75. The Morgan fingerprint density at radius 2 is 1.75 bits per heavy atom. The number of aliphatic hydroxyl groups is 1. The van der Waals surface area contributed by atoms with E-state index in [1.54, 1.807) is 0 Å². The summed E-state index contributed by atoms with van der Waals surface area (Å²) >= 11 is 0. The minimum Gasteiger partial charge on any atom is -0.493 e. The topological polar surface area (TPSA) is 29.5 Å². The van der Waals surface area contributed by atoms with Crippen LogP contribution in [0.15, 0.2) is 12.1 Å². The first kappa shape index (κ1) is 13.0. The molecule has 2 nitrogen and oxygen atoms in total. The maximum absolute atomic E-state index is 9.09. The molecule has 0 amide bonds. The van der Waals surface area contributed by atoms with Crippen LogP contribution in [0.5, 0.6) is 5.75 Å². The Bertz CT molecular complexity index is 320. The predicted octanol–water partition coefficient (Wildman–Crippen LogP) is 3.22. The Hall–Kier alpha value is -1.02. The van der Waals surface area contributed by atoms with Gasteiger partial charge in [0.2, 0.25) is 0 Å². The van der Waals surface area contributed by atoms with Gasteiger partial charge in [-0.3, -0.25) is 0 Å². The summed E-state index contributed by atoms with van der Waals surface area (Å²) in [7, 11) is 0. The lowest BCUT2D eigenvalue weighted by molar-refractivity contribution is 0.278. The van der Waals surface area contributed by atoms with Gasteiger partial charge in [-0.15, -0.1) is 0 Å². The van der Waals surface area contributed by atoms with E-state index >= 15 is 0 Å². The number of hydrogen-bond acceptors (Lipinski definition) is 2. The molecule has 0 aliphatic carbocycles. The van der Waals surface area contributed by atoms with Gasteiger partial charge in [0.15, 0.2) is 0 Å². The van der Waals surface area contributed by atoms with E-state index in [4.69, 9.17) is 9.84 Å². The molecule has 0 radical (unpaired) electrons. The zero-order valence-electron chi connectivity index (χ0n) is 10.7. The lowest BCUT2D eigenvalue weighted by atomic mass is 10.1. The Kier molecular flexibility index (Phi) is 4.81. The summed E-state index contributed by atoms with van der Waals surface area (Å²) in [6.45, 7) is 9.29. The summed E-state index contributed by atoms with van der Waals surface area (Å²) in [6.07, 6.45) is 1.07. The molecule has 1 aromatic rings. The normalized spacial score (nSPS) is 10.9. The zero-order chi connectivity index (χ0) is 12.1. The molecule has 0 atom stereocenters. The minimum atomic E-state index is 0.0912. The number of rotatable bonds is 5. The van der Waals surface area contributed by atoms with Crippen LogP contribution in [0.4, 0.5) is 0 Å². The van der Waals surface area contributed by atoms with Crippen molar-refractivity contribution >= 4 is 0 Å². The van der Waals surface area contributed by atoms with E-state index in [1.165, 1.54) is 0 Å². The van der Waals surface area contributed by atoms with Gasteiger partial charge >= 0.3 is 0 Å². The van der Waals surface area contributed by atoms with Crippen LogP contribution in [0, 0.1) is 19.8 Å². The molecule has 16 heavy (non-hydrogen) atoms. The van der Waals surface area contributed by atoms with Gasteiger partial charge in [-0.05, 0) is 42.9 Å². The minimum absolute atomic E-state index is 0.0912. The molecule has 1 aromatic carbocycles. The maximum Gasteiger partial charge on any atom is 0.125 e. The molecule has 0 bridgehead atoms. The monoisotopic (exact) mass is 222 g/mol. The molecule has 0 aromatic heterocycles. The highest BCUT2D eigenvalue weighted by atomic mass is 16.5. The van der Waals surface area contributed by atoms with Crippen molar-refractivity contribution in [2.75, 3.05) is 6.61 Å². The van der Waals surface area contributed by atoms with Crippen molar-refractivity contribution in [1.82, 2.24) is 0 Å². The van der Waals surface area contributed by atoms with Crippen molar-refractivity contribution in [3.8, 4) is 5.75 Å². The molecule has 0 spiro atoms. The number of aryl methyl sites for hydroxylation is 2. The van der Waals surface area contributed by atoms with Crippen LogP contribution in [0.2, 0.25) is 0 Å². The highest BCUT2D eigenvalue weighted by molar-refractivity contribution is 5.43. The summed E-state index contributed by atoms with van der Waals surface area (Å²) in [5, 5.41) is 9.09.